The number of hydrogen-bond acceptors (Lipinski definition) is 1. The van der Waals surface area contributed by atoms with Crippen LogP contribution in [0.4, 0.5) is 5.69 Å². The van der Waals surface area contributed by atoms with Gasteiger partial charge in [0.1, 0.15) is 0 Å². The fourth-order valence-corrected chi connectivity index (χ4v) is 7.19. The first-order valence-electron chi connectivity index (χ1n) is 15.9. The lowest BCUT2D eigenvalue weighted by Gasteiger charge is -2.16. The Morgan fingerprint density at radius 1 is 0.479 bits per heavy atom. The second kappa shape index (κ2) is 10.9. The largest absolute Gasteiger partial charge is 0.310 e. The summed E-state index contributed by atoms with van der Waals surface area (Å²) in [6.45, 7) is 7.79. The van der Waals surface area contributed by atoms with Gasteiger partial charge in [-0.2, -0.15) is 5.26 Å². The van der Waals surface area contributed by atoms with Gasteiger partial charge < -0.3 is 9.13 Å². The van der Waals surface area contributed by atoms with E-state index in [2.05, 4.69) is 141 Å². The van der Waals surface area contributed by atoms with Crippen molar-refractivity contribution in [2.24, 2.45) is 0 Å². The SMILES string of the molecule is [C-]#[N+]c1ccc(-c2cccc(-c3ccc(-n4c5ccccc5c5cc(C#N)ccc54)cc3)c2)c(-n2c3ccccc3c3ccccc32)c1. The minimum Gasteiger partial charge on any atom is -0.310 e. The maximum Gasteiger partial charge on any atom is 0.189 e. The smallest absolute Gasteiger partial charge is 0.189 e. The first-order chi connectivity index (χ1) is 23.7. The highest BCUT2D eigenvalue weighted by molar-refractivity contribution is 6.10. The zero-order valence-electron chi connectivity index (χ0n) is 25.8. The van der Waals surface area contributed by atoms with Crippen LogP contribution in [0.3, 0.4) is 0 Å². The molecular weight excluding hydrogens is 585 g/mol. The van der Waals surface area contributed by atoms with Crippen molar-refractivity contribution in [1.82, 2.24) is 9.13 Å². The lowest BCUT2D eigenvalue weighted by Crippen LogP contribution is -1.97. The van der Waals surface area contributed by atoms with Gasteiger partial charge in [-0.05, 0) is 77.4 Å². The third kappa shape index (κ3) is 4.22. The lowest BCUT2D eigenvalue weighted by molar-refractivity contribution is 1.18. The topological polar surface area (TPSA) is 38.0 Å². The van der Waals surface area contributed by atoms with Crippen molar-refractivity contribution >= 4 is 49.3 Å². The molecule has 0 radical (unpaired) electrons. The molecule has 0 amide bonds. The van der Waals surface area contributed by atoms with Gasteiger partial charge in [0.15, 0.2) is 5.69 Å². The summed E-state index contributed by atoms with van der Waals surface area (Å²) >= 11 is 0. The van der Waals surface area contributed by atoms with Crippen LogP contribution in [0.1, 0.15) is 5.56 Å². The number of fused-ring (bicyclic) bond motifs is 6. The average Bonchev–Trinajstić information content (AvgIpc) is 3.67. The Labute approximate surface area is 277 Å². The number of nitrogens with zero attached hydrogens (tertiary/aromatic N) is 4. The van der Waals surface area contributed by atoms with Crippen molar-refractivity contribution < 1.29 is 0 Å². The van der Waals surface area contributed by atoms with Crippen molar-refractivity contribution in [3.63, 3.8) is 0 Å². The third-order valence-electron chi connectivity index (χ3n) is 9.37. The predicted octanol–water partition coefficient (Wildman–Crippen LogP) is 11.6. The van der Waals surface area contributed by atoms with Crippen molar-refractivity contribution in [1.29, 1.82) is 5.26 Å². The molecule has 9 aromatic rings. The molecule has 0 unspecified atom stereocenters. The summed E-state index contributed by atoms with van der Waals surface area (Å²) in [5.41, 5.74) is 12.1. The van der Waals surface area contributed by atoms with Crippen LogP contribution in [0, 0.1) is 17.9 Å². The molecule has 0 aliphatic heterocycles. The summed E-state index contributed by atoms with van der Waals surface area (Å²) in [5.74, 6) is 0. The van der Waals surface area contributed by atoms with E-state index in [0.29, 0.717) is 11.3 Å². The van der Waals surface area contributed by atoms with E-state index < -0.39 is 0 Å². The monoisotopic (exact) mass is 610 g/mol. The standard InChI is InChI=1S/C44H26N4/c1-46-33-20-23-35(44(27-33)48-41-15-6-2-11-36(41)37-12-3-7-16-42(37)48)32-10-8-9-31(26-32)30-18-21-34(22-19-30)47-40-14-5-4-13-38(40)39-25-29(28-45)17-24-43(39)47/h2-27H. The molecule has 4 heteroatoms. The number of nitriles is 1. The van der Waals surface area contributed by atoms with E-state index in [9.17, 15) is 5.26 Å². The summed E-state index contributed by atoms with van der Waals surface area (Å²) < 4.78 is 4.56. The number of para-hydroxylation sites is 3. The summed E-state index contributed by atoms with van der Waals surface area (Å²) in [4.78, 5) is 3.80. The van der Waals surface area contributed by atoms with Crippen LogP contribution in [0.15, 0.2) is 158 Å². The molecule has 2 aromatic heterocycles. The fourth-order valence-electron chi connectivity index (χ4n) is 7.19. The highest BCUT2D eigenvalue weighted by Crippen LogP contribution is 2.39. The Morgan fingerprint density at radius 2 is 1.08 bits per heavy atom. The summed E-state index contributed by atoms with van der Waals surface area (Å²) in [7, 11) is 0. The van der Waals surface area contributed by atoms with Gasteiger partial charge in [-0.3, -0.25) is 0 Å². The molecule has 4 nitrogen and oxygen atoms in total. The van der Waals surface area contributed by atoms with E-state index in [1.807, 2.05) is 36.4 Å². The molecule has 0 spiro atoms. The maximum atomic E-state index is 9.53. The Morgan fingerprint density at radius 3 is 1.75 bits per heavy atom. The van der Waals surface area contributed by atoms with E-state index >= 15 is 0 Å². The molecular formula is C44H26N4. The second-order valence-electron chi connectivity index (χ2n) is 12.0. The van der Waals surface area contributed by atoms with Crippen LogP contribution in [-0.4, -0.2) is 9.13 Å². The highest BCUT2D eigenvalue weighted by atomic mass is 15.0. The first kappa shape index (κ1) is 27.4. The minimum atomic E-state index is 0.608. The van der Waals surface area contributed by atoms with Crippen LogP contribution < -0.4 is 0 Å². The van der Waals surface area contributed by atoms with Crippen LogP contribution in [0.5, 0.6) is 0 Å². The second-order valence-corrected chi connectivity index (χ2v) is 12.0. The Balaban J connectivity index is 1.16. The Bertz CT molecular complexity index is 2750. The molecule has 222 valence electrons. The zero-order valence-corrected chi connectivity index (χ0v) is 25.8. The fraction of sp³-hybridized carbons (Fsp3) is 0. The van der Waals surface area contributed by atoms with Crippen LogP contribution in [0.25, 0.3) is 82.1 Å². The summed E-state index contributed by atoms with van der Waals surface area (Å²) in [6.07, 6.45) is 0. The van der Waals surface area contributed by atoms with Gasteiger partial charge in [0.05, 0.1) is 40.3 Å². The van der Waals surface area contributed by atoms with Crippen molar-refractivity contribution in [2.75, 3.05) is 0 Å². The van der Waals surface area contributed by atoms with Gasteiger partial charge in [0, 0.05) is 38.5 Å². The molecule has 48 heavy (non-hydrogen) atoms. The number of benzene rings is 7. The third-order valence-corrected chi connectivity index (χ3v) is 9.37. The first-order valence-corrected chi connectivity index (χ1v) is 15.9. The highest BCUT2D eigenvalue weighted by Gasteiger charge is 2.17. The molecule has 0 aliphatic carbocycles. The molecule has 0 saturated heterocycles. The van der Waals surface area contributed by atoms with Gasteiger partial charge in [0.25, 0.3) is 0 Å². The van der Waals surface area contributed by atoms with Crippen molar-refractivity contribution in [3.05, 3.63) is 175 Å². The molecule has 0 bridgehead atoms. The lowest BCUT2D eigenvalue weighted by atomic mass is 9.97. The molecule has 9 rings (SSSR count). The molecule has 0 fully saturated rings. The number of hydrogen-bond donors (Lipinski definition) is 0. The van der Waals surface area contributed by atoms with Crippen LogP contribution >= 0.6 is 0 Å². The van der Waals surface area contributed by atoms with Gasteiger partial charge in [-0.15, -0.1) is 0 Å². The van der Waals surface area contributed by atoms with E-state index in [0.717, 1.165) is 66.5 Å². The molecule has 0 atom stereocenters. The number of rotatable bonds is 4. The predicted molar refractivity (Wildman–Crippen MR) is 197 cm³/mol. The van der Waals surface area contributed by atoms with Crippen molar-refractivity contribution in [2.45, 2.75) is 0 Å². The molecule has 0 aliphatic rings. The van der Waals surface area contributed by atoms with Gasteiger partial charge in [0.2, 0.25) is 0 Å². The number of aromatic nitrogens is 2. The van der Waals surface area contributed by atoms with E-state index in [-0.39, 0.29) is 0 Å². The molecule has 0 saturated carbocycles. The molecule has 0 N–H and O–H groups in total. The van der Waals surface area contributed by atoms with Gasteiger partial charge in [-0.25, -0.2) is 4.85 Å². The Kier molecular flexibility index (Phi) is 6.22. The summed E-state index contributed by atoms with van der Waals surface area (Å²) in [5, 5.41) is 14.1. The van der Waals surface area contributed by atoms with E-state index in [1.54, 1.807) is 0 Å². The van der Waals surface area contributed by atoms with E-state index in [4.69, 9.17) is 6.57 Å². The minimum absolute atomic E-state index is 0.608. The normalized spacial score (nSPS) is 11.3. The molecule has 7 aromatic carbocycles. The van der Waals surface area contributed by atoms with Gasteiger partial charge >= 0.3 is 0 Å². The van der Waals surface area contributed by atoms with Crippen LogP contribution in [0.2, 0.25) is 0 Å². The van der Waals surface area contributed by atoms with Crippen LogP contribution in [-0.2, 0) is 0 Å². The van der Waals surface area contributed by atoms with Crippen molar-refractivity contribution in [3.8, 4) is 39.7 Å². The van der Waals surface area contributed by atoms with Gasteiger partial charge in [-0.1, -0.05) is 97.1 Å². The maximum absolute atomic E-state index is 9.53. The average molecular weight is 611 g/mol. The quantitative estimate of drug-likeness (QED) is 0.183. The Hall–Kier alpha value is -6.88. The zero-order chi connectivity index (χ0) is 32.2. The summed E-state index contributed by atoms with van der Waals surface area (Å²) in [6, 6.07) is 56.8. The van der Waals surface area contributed by atoms with E-state index in [1.165, 1.54) is 10.8 Å². The molecule has 2 heterocycles.